The summed E-state index contributed by atoms with van der Waals surface area (Å²) in [5.41, 5.74) is 4.68. The van der Waals surface area contributed by atoms with Crippen LogP contribution in [-0.4, -0.2) is 0 Å². The van der Waals surface area contributed by atoms with Crippen molar-refractivity contribution in [1.29, 1.82) is 0 Å². The minimum Gasteiger partial charge on any atom is -0.271 e. The van der Waals surface area contributed by atoms with Gasteiger partial charge in [0, 0.05) is 19.5 Å². The smallest absolute Gasteiger partial charge is 0.0512 e. The Morgan fingerprint density at radius 2 is 1.70 bits per heavy atom. The maximum Gasteiger partial charge on any atom is 0.0512 e. The summed E-state index contributed by atoms with van der Waals surface area (Å²) < 4.78 is 0.933. The van der Waals surface area contributed by atoms with Crippen molar-refractivity contribution in [2.75, 3.05) is 0 Å². The second-order valence-corrected chi connectivity index (χ2v) is 6.46. The molecule has 6 heteroatoms. The molecule has 1 atom stereocenters. The molecule has 0 saturated heterocycles. The molecule has 0 spiro atoms. The van der Waals surface area contributed by atoms with Gasteiger partial charge in [0.1, 0.15) is 0 Å². The Labute approximate surface area is 141 Å². The van der Waals surface area contributed by atoms with Gasteiger partial charge >= 0.3 is 0 Å². The van der Waals surface area contributed by atoms with E-state index in [1.165, 1.54) is 0 Å². The molecule has 0 bridgehead atoms. The van der Waals surface area contributed by atoms with Gasteiger partial charge in [-0.2, -0.15) is 0 Å². The predicted molar refractivity (Wildman–Crippen MR) is 89.4 cm³/mol. The molecule has 0 saturated carbocycles. The van der Waals surface area contributed by atoms with Crippen LogP contribution in [0, 0.1) is 0 Å². The van der Waals surface area contributed by atoms with E-state index in [9.17, 15) is 0 Å². The average Bonchev–Trinajstić information content (AvgIpc) is 2.42. The molecule has 20 heavy (non-hydrogen) atoms. The number of hydrogen-bond acceptors (Lipinski definition) is 2. The highest BCUT2D eigenvalue weighted by Gasteiger charge is 2.16. The van der Waals surface area contributed by atoms with Gasteiger partial charge < -0.3 is 0 Å². The number of nitrogens with two attached hydrogens (primary N) is 1. The number of hydrazine groups is 1. The van der Waals surface area contributed by atoms with E-state index in [1.807, 2.05) is 24.3 Å². The number of hydrogen-bond donors (Lipinski definition) is 2. The zero-order valence-electron chi connectivity index (χ0n) is 10.3. The zero-order chi connectivity index (χ0) is 14.7. The lowest BCUT2D eigenvalue weighted by Crippen LogP contribution is -2.30. The van der Waals surface area contributed by atoms with Crippen LogP contribution in [0.2, 0.25) is 15.1 Å². The third-order valence-corrected chi connectivity index (χ3v) is 4.53. The molecule has 2 aromatic carbocycles. The molecule has 0 aliphatic carbocycles. The first-order valence-electron chi connectivity index (χ1n) is 5.86. The highest BCUT2D eigenvalue weighted by Crippen LogP contribution is 2.31. The second kappa shape index (κ2) is 7.12. The molecule has 0 heterocycles. The van der Waals surface area contributed by atoms with E-state index in [0.29, 0.717) is 21.5 Å². The highest BCUT2D eigenvalue weighted by atomic mass is 79.9. The summed E-state index contributed by atoms with van der Waals surface area (Å²) in [7, 11) is 0. The minimum atomic E-state index is -0.126. The Morgan fingerprint density at radius 3 is 2.40 bits per heavy atom. The number of benzene rings is 2. The van der Waals surface area contributed by atoms with Crippen LogP contribution >= 0.6 is 50.7 Å². The average molecular weight is 395 g/mol. The van der Waals surface area contributed by atoms with E-state index in [0.717, 1.165) is 15.6 Å². The lowest BCUT2D eigenvalue weighted by molar-refractivity contribution is 0.550. The number of rotatable bonds is 4. The Balaban J connectivity index is 2.33. The zero-order valence-corrected chi connectivity index (χ0v) is 14.2. The van der Waals surface area contributed by atoms with Gasteiger partial charge in [-0.25, -0.2) is 0 Å². The minimum absolute atomic E-state index is 0.126. The fourth-order valence-corrected chi connectivity index (χ4v) is 3.05. The molecule has 1 unspecified atom stereocenters. The molecule has 0 aromatic heterocycles. The van der Waals surface area contributed by atoms with Crippen molar-refractivity contribution in [1.82, 2.24) is 5.43 Å². The monoisotopic (exact) mass is 392 g/mol. The van der Waals surface area contributed by atoms with Crippen LogP contribution in [0.5, 0.6) is 0 Å². The van der Waals surface area contributed by atoms with Gasteiger partial charge in [-0.15, -0.1) is 0 Å². The fourth-order valence-electron chi connectivity index (χ4n) is 1.96. The van der Waals surface area contributed by atoms with Crippen LogP contribution in [0.3, 0.4) is 0 Å². The van der Waals surface area contributed by atoms with Crippen molar-refractivity contribution in [2.24, 2.45) is 5.84 Å². The summed E-state index contributed by atoms with van der Waals surface area (Å²) in [6.07, 6.45) is 0.606. The summed E-state index contributed by atoms with van der Waals surface area (Å²) in [5.74, 6) is 5.67. The predicted octanol–water partition coefficient (Wildman–Crippen LogP) is 5.16. The summed E-state index contributed by atoms with van der Waals surface area (Å²) in [6, 6.07) is 10.8. The molecule has 0 amide bonds. The molecule has 0 radical (unpaired) electrons. The lowest BCUT2D eigenvalue weighted by Gasteiger charge is -2.19. The second-order valence-electron chi connectivity index (χ2n) is 4.32. The van der Waals surface area contributed by atoms with Crippen LogP contribution < -0.4 is 11.3 Å². The van der Waals surface area contributed by atoms with Crippen molar-refractivity contribution in [2.45, 2.75) is 12.5 Å². The Morgan fingerprint density at radius 1 is 1.05 bits per heavy atom. The third-order valence-electron chi connectivity index (χ3n) is 2.97. The van der Waals surface area contributed by atoms with Crippen molar-refractivity contribution in [3.8, 4) is 0 Å². The normalized spacial score (nSPS) is 12.4. The van der Waals surface area contributed by atoms with E-state index in [4.69, 9.17) is 40.6 Å². The first-order chi connectivity index (χ1) is 9.51. The van der Waals surface area contributed by atoms with E-state index in [1.54, 1.807) is 12.1 Å². The fraction of sp³-hybridized carbons (Fsp3) is 0.143. The topological polar surface area (TPSA) is 38.0 Å². The van der Waals surface area contributed by atoms with E-state index >= 15 is 0 Å². The standard InChI is InChI=1S/C14H12BrCl3N2/c15-12-3-1-10(17)7-11(12)14(20-19)6-8-5-9(16)2-4-13(8)18/h1-5,7,14,20H,6,19H2. The van der Waals surface area contributed by atoms with Gasteiger partial charge in [0.2, 0.25) is 0 Å². The van der Waals surface area contributed by atoms with Crippen molar-refractivity contribution in [3.05, 3.63) is 67.1 Å². The van der Waals surface area contributed by atoms with E-state index in [2.05, 4.69) is 21.4 Å². The quantitative estimate of drug-likeness (QED) is 0.555. The number of nitrogens with one attached hydrogen (secondary N) is 1. The van der Waals surface area contributed by atoms with Gasteiger partial charge in [-0.05, 0) is 53.9 Å². The summed E-state index contributed by atoms with van der Waals surface area (Å²) >= 11 is 21.7. The molecular formula is C14H12BrCl3N2. The van der Waals surface area contributed by atoms with Gasteiger partial charge in [0.05, 0.1) is 6.04 Å². The lowest BCUT2D eigenvalue weighted by atomic mass is 9.99. The maximum atomic E-state index is 6.19. The Hall–Kier alpha value is -0.290. The van der Waals surface area contributed by atoms with Crippen LogP contribution in [0.1, 0.15) is 17.2 Å². The van der Waals surface area contributed by atoms with Crippen molar-refractivity contribution in [3.63, 3.8) is 0 Å². The molecule has 106 valence electrons. The molecule has 2 nitrogen and oxygen atoms in total. The van der Waals surface area contributed by atoms with Crippen LogP contribution in [0.25, 0.3) is 0 Å². The van der Waals surface area contributed by atoms with Crippen LogP contribution in [-0.2, 0) is 6.42 Å². The molecule has 0 fully saturated rings. The van der Waals surface area contributed by atoms with Crippen LogP contribution in [0.15, 0.2) is 40.9 Å². The summed E-state index contributed by atoms with van der Waals surface area (Å²) in [4.78, 5) is 0. The molecule has 3 N–H and O–H groups in total. The number of halogens is 4. The van der Waals surface area contributed by atoms with Gasteiger partial charge in [-0.3, -0.25) is 11.3 Å². The molecule has 2 rings (SSSR count). The van der Waals surface area contributed by atoms with E-state index in [-0.39, 0.29) is 6.04 Å². The third kappa shape index (κ3) is 3.88. The van der Waals surface area contributed by atoms with Crippen LogP contribution in [0.4, 0.5) is 0 Å². The van der Waals surface area contributed by atoms with Gasteiger partial charge in [0.15, 0.2) is 0 Å². The van der Waals surface area contributed by atoms with Gasteiger partial charge in [0.25, 0.3) is 0 Å². The maximum absolute atomic E-state index is 6.19. The molecule has 0 aliphatic rings. The van der Waals surface area contributed by atoms with Gasteiger partial charge in [-0.1, -0.05) is 50.7 Å². The summed E-state index contributed by atoms with van der Waals surface area (Å²) in [6.45, 7) is 0. The van der Waals surface area contributed by atoms with Crippen molar-refractivity contribution < 1.29 is 0 Å². The molecule has 0 aliphatic heterocycles. The Kier molecular flexibility index (Phi) is 5.73. The SMILES string of the molecule is NNC(Cc1cc(Cl)ccc1Cl)c1cc(Cl)ccc1Br. The largest absolute Gasteiger partial charge is 0.271 e. The highest BCUT2D eigenvalue weighted by molar-refractivity contribution is 9.10. The first-order valence-corrected chi connectivity index (χ1v) is 7.79. The van der Waals surface area contributed by atoms with E-state index < -0.39 is 0 Å². The molecular weight excluding hydrogens is 382 g/mol. The first kappa shape index (κ1) is 16.1. The Bertz CT molecular complexity index is 619. The molecule has 2 aromatic rings. The van der Waals surface area contributed by atoms with Crippen molar-refractivity contribution >= 4 is 50.7 Å². The summed E-state index contributed by atoms with van der Waals surface area (Å²) in [5, 5.41) is 1.96.